The standard InChI is InChI=1S/C14H19BrN2O/c15-12-6-4-5-11(9-12)10-17-14(18)13-7-2-1-3-8-16-13/h4-6,9,13,16H,1-3,7-8,10H2,(H,17,18). The molecule has 1 heterocycles. The fourth-order valence-electron chi connectivity index (χ4n) is 2.21. The Morgan fingerprint density at radius 2 is 2.28 bits per heavy atom. The highest BCUT2D eigenvalue weighted by Crippen LogP contribution is 2.12. The number of carbonyl (C=O) groups excluding carboxylic acids is 1. The number of rotatable bonds is 3. The molecule has 0 aliphatic carbocycles. The molecule has 1 aromatic rings. The molecule has 1 aromatic carbocycles. The van der Waals surface area contributed by atoms with Gasteiger partial charge in [0.05, 0.1) is 6.04 Å². The summed E-state index contributed by atoms with van der Waals surface area (Å²) >= 11 is 3.43. The Kier molecular flexibility index (Phi) is 5.20. The molecule has 1 saturated heterocycles. The number of nitrogens with one attached hydrogen (secondary N) is 2. The third-order valence-electron chi connectivity index (χ3n) is 3.23. The highest BCUT2D eigenvalue weighted by molar-refractivity contribution is 9.10. The molecule has 1 aliphatic heterocycles. The zero-order valence-electron chi connectivity index (χ0n) is 10.4. The second kappa shape index (κ2) is 6.90. The molecular weight excluding hydrogens is 292 g/mol. The van der Waals surface area contributed by atoms with Crippen molar-refractivity contribution in [2.24, 2.45) is 0 Å². The maximum absolute atomic E-state index is 12.0. The zero-order valence-corrected chi connectivity index (χ0v) is 12.0. The molecule has 2 N–H and O–H groups in total. The van der Waals surface area contributed by atoms with Gasteiger partial charge in [-0.25, -0.2) is 0 Å². The van der Waals surface area contributed by atoms with Crippen LogP contribution >= 0.6 is 15.9 Å². The van der Waals surface area contributed by atoms with Crippen molar-refractivity contribution in [1.82, 2.24) is 10.6 Å². The predicted octanol–water partition coefficient (Wildman–Crippen LogP) is 2.60. The van der Waals surface area contributed by atoms with Crippen LogP contribution in [0.2, 0.25) is 0 Å². The molecule has 0 saturated carbocycles. The Labute approximate surface area is 116 Å². The Balaban J connectivity index is 1.83. The summed E-state index contributed by atoms with van der Waals surface area (Å²) in [6.45, 7) is 1.55. The molecule has 1 fully saturated rings. The van der Waals surface area contributed by atoms with Crippen LogP contribution in [-0.4, -0.2) is 18.5 Å². The average molecular weight is 311 g/mol. The zero-order chi connectivity index (χ0) is 12.8. The molecule has 4 heteroatoms. The monoisotopic (exact) mass is 310 g/mol. The first-order chi connectivity index (χ1) is 8.75. The first kappa shape index (κ1) is 13.6. The summed E-state index contributed by atoms with van der Waals surface area (Å²) in [5, 5.41) is 6.31. The van der Waals surface area contributed by atoms with Crippen LogP contribution in [0, 0.1) is 0 Å². The van der Waals surface area contributed by atoms with Gasteiger partial charge in [0, 0.05) is 11.0 Å². The summed E-state index contributed by atoms with van der Waals surface area (Å²) in [6, 6.07) is 8.00. The largest absolute Gasteiger partial charge is 0.351 e. The van der Waals surface area contributed by atoms with E-state index in [1.807, 2.05) is 24.3 Å². The molecule has 0 radical (unpaired) electrons. The van der Waals surface area contributed by atoms with Gasteiger partial charge in [-0.05, 0) is 37.1 Å². The molecule has 0 bridgehead atoms. The van der Waals surface area contributed by atoms with E-state index >= 15 is 0 Å². The SMILES string of the molecule is O=C(NCc1cccc(Br)c1)C1CCCCCN1. The van der Waals surface area contributed by atoms with Crippen molar-refractivity contribution < 1.29 is 4.79 Å². The maximum Gasteiger partial charge on any atom is 0.237 e. The topological polar surface area (TPSA) is 41.1 Å². The minimum absolute atomic E-state index is 0.0142. The van der Waals surface area contributed by atoms with E-state index < -0.39 is 0 Å². The summed E-state index contributed by atoms with van der Waals surface area (Å²) in [7, 11) is 0. The fraction of sp³-hybridized carbons (Fsp3) is 0.500. The van der Waals surface area contributed by atoms with E-state index in [4.69, 9.17) is 0 Å². The Morgan fingerprint density at radius 3 is 3.11 bits per heavy atom. The van der Waals surface area contributed by atoms with Crippen LogP contribution in [-0.2, 0) is 11.3 Å². The number of halogens is 1. The maximum atomic E-state index is 12.0. The lowest BCUT2D eigenvalue weighted by Crippen LogP contribution is -2.43. The summed E-state index contributed by atoms with van der Waals surface area (Å²) in [5.41, 5.74) is 1.12. The number of carbonyl (C=O) groups is 1. The number of hydrogen-bond donors (Lipinski definition) is 2. The summed E-state index contributed by atoms with van der Waals surface area (Å²) < 4.78 is 1.04. The smallest absolute Gasteiger partial charge is 0.237 e. The highest BCUT2D eigenvalue weighted by atomic mass is 79.9. The summed E-state index contributed by atoms with van der Waals surface area (Å²) in [6.07, 6.45) is 4.49. The number of amides is 1. The lowest BCUT2D eigenvalue weighted by Gasteiger charge is -2.15. The lowest BCUT2D eigenvalue weighted by atomic mass is 10.1. The van der Waals surface area contributed by atoms with E-state index in [-0.39, 0.29) is 11.9 Å². The molecule has 98 valence electrons. The van der Waals surface area contributed by atoms with E-state index in [1.54, 1.807) is 0 Å². The van der Waals surface area contributed by atoms with Gasteiger partial charge >= 0.3 is 0 Å². The van der Waals surface area contributed by atoms with Crippen molar-refractivity contribution in [2.75, 3.05) is 6.54 Å². The molecular formula is C14H19BrN2O. The second-order valence-electron chi connectivity index (χ2n) is 4.70. The number of benzene rings is 1. The van der Waals surface area contributed by atoms with Crippen molar-refractivity contribution in [3.05, 3.63) is 34.3 Å². The molecule has 1 aliphatic rings. The minimum Gasteiger partial charge on any atom is -0.351 e. The molecule has 0 spiro atoms. The quantitative estimate of drug-likeness (QED) is 0.901. The molecule has 18 heavy (non-hydrogen) atoms. The van der Waals surface area contributed by atoms with Crippen molar-refractivity contribution in [1.29, 1.82) is 0 Å². The Bertz CT molecular complexity index is 401. The molecule has 3 nitrogen and oxygen atoms in total. The fourth-order valence-corrected chi connectivity index (χ4v) is 2.66. The highest BCUT2D eigenvalue weighted by Gasteiger charge is 2.18. The van der Waals surface area contributed by atoms with Gasteiger partial charge in [0.2, 0.25) is 5.91 Å². The van der Waals surface area contributed by atoms with Gasteiger partial charge in [-0.2, -0.15) is 0 Å². The molecule has 1 atom stereocenters. The van der Waals surface area contributed by atoms with Crippen LogP contribution in [0.5, 0.6) is 0 Å². The van der Waals surface area contributed by atoms with Gasteiger partial charge in [-0.1, -0.05) is 40.9 Å². The van der Waals surface area contributed by atoms with Crippen LogP contribution < -0.4 is 10.6 Å². The number of hydrogen-bond acceptors (Lipinski definition) is 2. The third-order valence-corrected chi connectivity index (χ3v) is 3.73. The van der Waals surface area contributed by atoms with Gasteiger partial charge in [0.15, 0.2) is 0 Å². The normalized spacial score (nSPS) is 20.2. The van der Waals surface area contributed by atoms with Crippen molar-refractivity contribution in [3.8, 4) is 0 Å². The molecule has 1 amide bonds. The van der Waals surface area contributed by atoms with Gasteiger partial charge in [0.25, 0.3) is 0 Å². The van der Waals surface area contributed by atoms with Crippen LogP contribution in [0.1, 0.15) is 31.2 Å². The third kappa shape index (κ3) is 4.10. The van der Waals surface area contributed by atoms with Gasteiger partial charge < -0.3 is 10.6 Å². The van der Waals surface area contributed by atoms with Crippen molar-refractivity contribution in [3.63, 3.8) is 0 Å². The van der Waals surface area contributed by atoms with Crippen molar-refractivity contribution in [2.45, 2.75) is 38.3 Å². The van der Waals surface area contributed by atoms with Crippen LogP contribution in [0.25, 0.3) is 0 Å². The minimum atomic E-state index is -0.0142. The second-order valence-corrected chi connectivity index (χ2v) is 5.62. The van der Waals surface area contributed by atoms with E-state index in [0.29, 0.717) is 6.54 Å². The lowest BCUT2D eigenvalue weighted by molar-refractivity contribution is -0.123. The van der Waals surface area contributed by atoms with Gasteiger partial charge in [-0.15, -0.1) is 0 Å². The van der Waals surface area contributed by atoms with Crippen LogP contribution in [0.3, 0.4) is 0 Å². The van der Waals surface area contributed by atoms with E-state index in [9.17, 15) is 4.79 Å². The van der Waals surface area contributed by atoms with Crippen molar-refractivity contribution >= 4 is 21.8 Å². The predicted molar refractivity (Wildman–Crippen MR) is 76.2 cm³/mol. The molecule has 1 unspecified atom stereocenters. The van der Waals surface area contributed by atoms with E-state index in [0.717, 1.165) is 29.4 Å². The molecule has 2 rings (SSSR count). The van der Waals surface area contributed by atoms with Crippen LogP contribution in [0.15, 0.2) is 28.7 Å². The average Bonchev–Trinajstić information content (AvgIpc) is 2.65. The van der Waals surface area contributed by atoms with Gasteiger partial charge in [-0.3, -0.25) is 4.79 Å². The Hall–Kier alpha value is -0.870. The molecule has 0 aromatic heterocycles. The first-order valence-electron chi connectivity index (χ1n) is 6.51. The first-order valence-corrected chi connectivity index (χ1v) is 7.30. The summed E-state index contributed by atoms with van der Waals surface area (Å²) in [4.78, 5) is 12.0. The van der Waals surface area contributed by atoms with E-state index in [2.05, 4.69) is 26.6 Å². The Morgan fingerprint density at radius 1 is 1.39 bits per heavy atom. The summed E-state index contributed by atoms with van der Waals surface area (Å²) in [5.74, 6) is 0.122. The van der Waals surface area contributed by atoms with Gasteiger partial charge in [0.1, 0.15) is 0 Å². The van der Waals surface area contributed by atoms with Crippen LogP contribution in [0.4, 0.5) is 0 Å². The van der Waals surface area contributed by atoms with E-state index in [1.165, 1.54) is 12.8 Å².